The number of phosphoric acid groups is 1. The smallest absolute Gasteiger partial charge is 0.507 e. The number of phosphoric ester groups is 1. The average molecular weight is 767 g/mol. The van der Waals surface area contributed by atoms with Gasteiger partial charge in [-0.25, -0.2) is 0 Å². The van der Waals surface area contributed by atoms with Crippen LogP contribution in [0.2, 0.25) is 0 Å². The van der Waals surface area contributed by atoms with E-state index in [0.717, 1.165) is 66.8 Å². The molecule has 298 valence electrons. The van der Waals surface area contributed by atoms with Gasteiger partial charge in [0.1, 0.15) is 23.0 Å². The lowest BCUT2D eigenvalue weighted by Crippen LogP contribution is -2.25. The largest absolute Gasteiger partial charge is 0.647 e. The second kappa shape index (κ2) is 14.4. The number of fused-ring (bicyclic) bond motifs is 2. The van der Waals surface area contributed by atoms with Crippen LogP contribution in [0.3, 0.4) is 0 Å². The van der Waals surface area contributed by atoms with E-state index in [9.17, 15) is 5.11 Å². The molecule has 0 spiro atoms. The lowest BCUT2D eigenvalue weighted by atomic mass is 9.75. The Labute approximate surface area is 332 Å². The molecular weight excluding hydrogens is 700 g/mol. The van der Waals surface area contributed by atoms with Crippen molar-refractivity contribution in [2.75, 3.05) is 0 Å². The van der Waals surface area contributed by atoms with E-state index < -0.39 is 13.2 Å². The van der Waals surface area contributed by atoms with Gasteiger partial charge in [-0.15, -0.1) is 0 Å². The summed E-state index contributed by atoms with van der Waals surface area (Å²) in [4.78, 5) is 0. The van der Waals surface area contributed by atoms with Gasteiger partial charge < -0.3 is 18.7 Å². The molecule has 0 aromatic heterocycles. The Kier molecular flexibility index (Phi) is 11.1. The first-order valence-electron chi connectivity index (χ1n) is 20.0. The molecule has 0 amide bonds. The van der Waals surface area contributed by atoms with Crippen LogP contribution < -0.4 is 13.6 Å². The first-order valence-corrected chi connectivity index (χ1v) is 21.4. The molecule has 0 unspecified atom stereocenters. The topological polar surface area (TPSA) is 65.0 Å². The fourth-order valence-electron chi connectivity index (χ4n) is 8.07. The number of hydrogen-bond donors (Lipinski definition) is 1. The van der Waals surface area contributed by atoms with Crippen LogP contribution in [-0.2, 0) is 32.6 Å². The van der Waals surface area contributed by atoms with E-state index in [-0.39, 0.29) is 33.8 Å². The molecule has 0 bridgehead atoms. The van der Waals surface area contributed by atoms with E-state index in [1.54, 1.807) is 0 Å². The predicted octanol–water partition coefficient (Wildman–Crippen LogP) is 14.2. The molecule has 0 fully saturated rings. The number of phenolic OH excluding ortho intramolecular Hbond substituents is 1. The van der Waals surface area contributed by atoms with E-state index in [1.165, 1.54) is 0 Å². The average Bonchev–Trinajstić information content (AvgIpc) is 2.99. The summed E-state index contributed by atoms with van der Waals surface area (Å²) in [6, 6.07) is 16.9. The lowest BCUT2D eigenvalue weighted by molar-refractivity contribution is 0.281. The summed E-state index contributed by atoms with van der Waals surface area (Å²) in [6.45, 7) is 38.5. The Balaban J connectivity index is 1.87. The van der Waals surface area contributed by atoms with Crippen LogP contribution in [0.5, 0.6) is 23.0 Å². The summed E-state index contributed by atoms with van der Waals surface area (Å²) in [5.41, 5.74) is 10.2. The molecule has 1 N–H and O–H groups in total. The first kappa shape index (κ1) is 42.5. The van der Waals surface area contributed by atoms with E-state index in [0.29, 0.717) is 23.7 Å². The number of rotatable bonds is 5. The second-order valence-electron chi connectivity index (χ2n) is 20.7. The fourth-order valence-corrected chi connectivity index (χ4v) is 9.48. The molecular formula is C49H67O5P. The van der Waals surface area contributed by atoms with Gasteiger partial charge in [-0.2, -0.15) is 4.57 Å². The molecule has 0 saturated heterocycles. The zero-order valence-electron chi connectivity index (χ0n) is 37.0. The highest BCUT2D eigenvalue weighted by atomic mass is 31.2. The molecule has 5 rings (SSSR count). The van der Waals surface area contributed by atoms with Gasteiger partial charge in [-0.05, 0) is 72.0 Å². The van der Waals surface area contributed by atoms with Gasteiger partial charge in [0.15, 0.2) is 0 Å². The summed E-state index contributed by atoms with van der Waals surface area (Å²) >= 11 is 0. The Hall–Kier alpha value is -3.69. The van der Waals surface area contributed by atoms with Gasteiger partial charge in [-0.1, -0.05) is 168 Å². The van der Waals surface area contributed by atoms with Gasteiger partial charge in [-0.3, -0.25) is 0 Å². The van der Waals surface area contributed by atoms with Crippen molar-refractivity contribution in [3.8, 4) is 23.0 Å². The Morgan fingerprint density at radius 2 is 0.945 bits per heavy atom. The van der Waals surface area contributed by atoms with E-state index in [4.69, 9.17) is 13.6 Å². The van der Waals surface area contributed by atoms with Crippen molar-refractivity contribution in [1.29, 1.82) is 0 Å². The molecule has 0 saturated carbocycles. The quantitative estimate of drug-likeness (QED) is 0.205. The van der Waals surface area contributed by atoms with Gasteiger partial charge in [0, 0.05) is 40.2 Å². The maximum atomic E-state index is 16.1. The minimum Gasteiger partial charge on any atom is -0.507 e. The zero-order chi connectivity index (χ0) is 41.4. The molecule has 1 aliphatic rings. The summed E-state index contributed by atoms with van der Waals surface area (Å²) in [7, 11) is -4.51. The summed E-state index contributed by atoms with van der Waals surface area (Å²) in [5.74, 6) is 1.91. The monoisotopic (exact) mass is 766 g/mol. The highest BCUT2D eigenvalue weighted by molar-refractivity contribution is 7.49. The number of benzene rings is 4. The summed E-state index contributed by atoms with van der Waals surface area (Å²) in [5, 5.41) is 11.7. The van der Waals surface area contributed by atoms with Crippen molar-refractivity contribution in [1.82, 2.24) is 0 Å². The fraction of sp³-hybridized carbons (Fsp3) is 0.510. The van der Waals surface area contributed by atoms with Crippen LogP contribution in [0.1, 0.15) is 170 Å². The van der Waals surface area contributed by atoms with E-state index in [2.05, 4.69) is 167 Å². The third-order valence-corrected chi connectivity index (χ3v) is 11.9. The molecule has 5 nitrogen and oxygen atoms in total. The Bertz CT molecular complexity index is 2080. The molecule has 0 aliphatic carbocycles. The standard InChI is InChI=1S/C49H67O5P/c1-28(2)41-35-21-31(5)25-39(48(13,14)15)44(35)53-55(51,54-45-36(41)22-32(6)26-40(45)49(16,17)18)52-43-34(20-30(4)24-38(43)47(10,11)12)27-33-19-29(3)23-37(42(33)50)46(7,8)9/h19-26,28,41,50H,27H2,1-18H3. The van der Waals surface area contributed by atoms with Crippen LogP contribution in [0, 0.1) is 33.6 Å². The lowest BCUT2D eigenvalue weighted by Gasteiger charge is -2.37. The highest BCUT2D eigenvalue weighted by Gasteiger charge is 2.45. The van der Waals surface area contributed by atoms with Crippen LogP contribution in [0.4, 0.5) is 0 Å². The molecule has 4 aromatic carbocycles. The second-order valence-corrected chi connectivity index (χ2v) is 22.1. The van der Waals surface area contributed by atoms with Gasteiger partial charge in [0.25, 0.3) is 0 Å². The van der Waals surface area contributed by atoms with Crippen molar-refractivity contribution >= 4 is 7.82 Å². The highest BCUT2D eigenvalue weighted by Crippen LogP contribution is 2.61. The summed E-state index contributed by atoms with van der Waals surface area (Å²) in [6.07, 6.45) is 0.359. The van der Waals surface area contributed by atoms with Crippen LogP contribution in [-0.4, -0.2) is 5.11 Å². The third kappa shape index (κ3) is 8.83. The molecule has 1 aliphatic heterocycles. The maximum Gasteiger partial charge on any atom is 0.647 e. The van der Waals surface area contributed by atoms with Gasteiger partial charge >= 0.3 is 7.82 Å². The molecule has 4 aromatic rings. The van der Waals surface area contributed by atoms with E-state index >= 15 is 4.57 Å². The molecule has 55 heavy (non-hydrogen) atoms. The number of hydrogen-bond acceptors (Lipinski definition) is 5. The zero-order valence-corrected chi connectivity index (χ0v) is 37.9. The van der Waals surface area contributed by atoms with Crippen molar-refractivity contribution in [2.45, 2.75) is 159 Å². The normalized spacial score (nSPS) is 17.8. The van der Waals surface area contributed by atoms with Gasteiger partial charge in [0.05, 0.1) is 0 Å². The van der Waals surface area contributed by atoms with Crippen molar-refractivity contribution in [3.05, 3.63) is 115 Å². The van der Waals surface area contributed by atoms with Crippen molar-refractivity contribution in [3.63, 3.8) is 0 Å². The number of phenols is 1. The minimum absolute atomic E-state index is 0.0953. The Morgan fingerprint density at radius 1 is 0.582 bits per heavy atom. The van der Waals surface area contributed by atoms with Crippen LogP contribution in [0.15, 0.2) is 48.5 Å². The number of aromatic hydroxyl groups is 1. The number of aryl methyl sites for hydroxylation is 4. The Morgan fingerprint density at radius 3 is 1.35 bits per heavy atom. The van der Waals surface area contributed by atoms with Crippen LogP contribution >= 0.6 is 7.82 Å². The molecule has 0 radical (unpaired) electrons. The first-order chi connectivity index (χ1) is 25.0. The van der Waals surface area contributed by atoms with Crippen LogP contribution in [0.25, 0.3) is 0 Å². The van der Waals surface area contributed by atoms with Crippen molar-refractivity contribution in [2.24, 2.45) is 5.92 Å². The third-order valence-electron chi connectivity index (χ3n) is 10.7. The predicted molar refractivity (Wildman–Crippen MR) is 230 cm³/mol. The molecule has 1 heterocycles. The van der Waals surface area contributed by atoms with Crippen molar-refractivity contribution < 1.29 is 23.2 Å². The molecule has 6 heteroatoms. The van der Waals surface area contributed by atoms with Gasteiger partial charge in [0.2, 0.25) is 0 Å². The van der Waals surface area contributed by atoms with E-state index in [1.807, 2.05) is 6.07 Å². The SMILES string of the molecule is Cc1cc(Cc2cc(C)cc(C(C)(C)C)c2OP2(=O)Oc3c(cc(C)cc3C(C)(C)C)C(C(C)C)c3cc(C)cc(C(C)(C)C)c3O2)c(O)c(C(C)(C)C)c1. The maximum absolute atomic E-state index is 16.1. The molecule has 0 atom stereocenters. The minimum atomic E-state index is -4.51. The summed E-state index contributed by atoms with van der Waals surface area (Å²) < 4.78 is 37.0.